The van der Waals surface area contributed by atoms with Gasteiger partial charge in [0.1, 0.15) is 0 Å². The summed E-state index contributed by atoms with van der Waals surface area (Å²) < 4.78 is 0. The first-order valence-corrected chi connectivity index (χ1v) is 7.08. The Hall–Kier alpha value is -0.700. The Kier molecular flexibility index (Phi) is 4.32. The van der Waals surface area contributed by atoms with Crippen molar-refractivity contribution >= 4 is 23.1 Å². The Morgan fingerprint density at radius 2 is 1.59 bits per heavy atom. The lowest BCUT2D eigenvalue weighted by Gasteiger charge is -2.13. The monoisotopic (exact) mass is 252 g/mol. The summed E-state index contributed by atoms with van der Waals surface area (Å²) in [7, 11) is 0. The highest BCUT2D eigenvalue weighted by molar-refractivity contribution is 7.81. The van der Waals surface area contributed by atoms with Crippen molar-refractivity contribution in [1.82, 2.24) is 0 Å². The molecular weight excluding hydrogens is 232 g/mol. The van der Waals surface area contributed by atoms with Crippen molar-refractivity contribution in [3.05, 3.63) is 11.6 Å². The third-order valence-corrected chi connectivity index (χ3v) is 4.58. The summed E-state index contributed by atoms with van der Waals surface area (Å²) >= 11 is 5.40. The van der Waals surface area contributed by atoms with Gasteiger partial charge in [0.25, 0.3) is 0 Å². The number of aliphatic carboxylic acids is 1. The van der Waals surface area contributed by atoms with E-state index in [9.17, 15) is 9.90 Å². The van der Waals surface area contributed by atoms with E-state index in [0.717, 1.165) is 25.7 Å². The molecule has 0 bridgehead atoms. The van der Waals surface area contributed by atoms with Crippen molar-refractivity contribution < 1.29 is 9.90 Å². The van der Waals surface area contributed by atoms with Gasteiger partial charge in [-0.2, -0.15) is 0 Å². The lowest BCUT2D eigenvalue weighted by atomic mass is 9.94. The van der Waals surface area contributed by atoms with Gasteiger partial charge in [0.2, 0.25) is 0 Å². The van der Waals surface area contributed by atoms with Gasteiger partial charge in [-0.05, 0) is 37.5 Å². The average molecular weight is 252 g/mol. The van der Waals surface area contributed by atoms with E-state index in [0.29, 0.717) is 22.3 Å². The van der Waals surface area contributed by atoms with E-state index in [1.807, 2.05) is 6.08 Å². The largest absolute Gasteiger partial charge is 0.478 e. The zero-order chi connectivity index (χ0) is 12.3. The molecule has 0 amide bonds. The Morgan fingerprint density at radius 1 is 1.06 bits per heavy atom. The number of carbonyl (C=O) groups is 1. The maximum atomic E-state index is 11.3. The third-order valence-electron chi connectivity index (χ3n) is 4.02. The summed E-state index contributed by atoms with van der Waals surface area (Å²) in [5.74, 6) is -0.0389. The van der Waals surface area contributed by atoms with Gasteiger partial charge in [-0.15, -0.1) is 0 Å². The van der Waals surface area contributed by atoms with E-state index in [4.69, 9.17) is 12.2 Å². The van der Waals surface area contributed by atoms with Gasteiger partial charge in [0.15, 0.2) is 0 Å². The molecule has 0 unspecified atom stereocenters. The molecule has 0 heterocycles. The molecule has 2 nitrogen and oxygen atoms in total. The number of thiocarbonyl (C=S) groups is 1. The van der Waals surface area contributed by atoms with Gasteiger partial charge in [0, 0.05) is 4.86 Å². The number of rotatable bonds is 4. The molecule has 0 atom stereocenters. The Bertz CT molecular complexity index is 334. The van der Waals surface area contributed by atoms with Crippen LogP contribution in [0.2, 0.25) is 0 Å². The molecule has 1 N–H and O–H groups in total. The average Bonchev–Trinajstić information content (AvgIpc) is 2.97. The second-order valence-electron chi connectivity index (χ2n) is 5.28. The SMILES string of the molecule is O=C(O)C(=CC1CCCC1)C(=S)C1CCCC1. The lowest BCUT2D eigenvalue weighted by Crippen LogP contribution is -2.18. The Balaban J connectivity index is 2.10. The zero-order valence-corrected chi connectivity index (χ0v) is 11.0. The third kappa shape index (κ3) is 3.15. The highest BCUT2D eigenvalue weighted by atomic mass is 32.1. The van der Waals surface area contributed by atoms with Gasteiger partial charge < -0.3 is 5.11 Å². The van der Waals surface area contributed by atoms with E-state index in [1.54, 1.807) is 0 Å². The predicted molar refractivity (Wildman–Crippen MR) is 72.2 cm³/mol. The van der Waals surface area contributed by atoms with Crippen molar-refractivity contribution in [2.45, 2.75) is 51.4 Å². The molecule has 0 spiro atoms. The van der Waals surface area contributed by atoms with Crippen LogP contribution in [0.3, 0.4) is 0 Å². The van der Waals surface area contributed by atoms with Crippen LogP contribution in [0.25, 0.3) is 0 Å². The van der Waals surface area contributed by atoms with Crippen LogP contribution in [-0.2, 0) is 4.79 Å². The molecule has 2 rings (SSSR count). The van der Waals surface area contributed by atoms with Crippen molar-refractivity contribution in [2.24, 2.45) is 11.8 Å². The lowest BCUT2D eigenvalue weighted by molar-refractivity contribution is -0.132. The smallest absolute Gasteiger partial charge is 0.336 e. The molecule has 2 aliphatic rings. The summed E-state index contributed by atoms with van der Waals surface area (Å²) in [5.41, 5.74) is 0.429. The van der Waals surface area contributed by atoms with Gasteiger partial charge in [-0.3, -0.25) is 0 Å². The fraction of sp³-hybridized carbons (Fsp3) is 0.714. The molecule has 94 valence electrons. The van der Waals surface area contributed by atoms with Crippen LogP contribution in [0.15, 0.2) is 11.6 Å². The normalized spacial score (nSPS) is 23.2. The van der Waals surface area contributed by atoms with Crippen LogP contribution < -0.4 is 0 Å². The Labute approximate surface area is 108 Å². The fourth-order valence-corrected chi connectivity index (χ4v) is 3.42. The van der Waals surface area contributed by atoms with E-state index in [1.165, 1.54) is 25.7 Å². The van der Waals surface area contributed by atoms with Crippen LogP contribution in [0.5, 0.6) is 0 Å². The molecular formula is C14H20O2S. The molecule has 17 heavy (non-hydrogen) atoms. The van der Waals surface area contributed by atoms with Crippen molar-refractivity contribution in [3.63, 3.8) is 0 Å². The predicted octanol–water partition coefficient (Wildman–Crippen LogP) is 3.75. The molecule has 3 heteroatoms. The van der Waals surface area contributed by atoms with Crippen molar-refractivity contribution in [3.8, 4) is 0 Å². The summed E-state index contributed by atoms with van der Waals surface area (Å²) in [6.07, 6.45) is 11.2. The summed E-state index contributed by atoms with van der Waals surface area (Å²) in [6.45, 7) is 0. The van der Waals surface area contributed by atoms with Gasteiger partial charge in [0.05, 0.1) is 5.57 Å². The van der Waals surface area contributed by atoms with E-state index in [-0.39, 0.29) is 0 Å². The molecule has 2 aliphatic carbocycles. The Morgan fingerprint density at radius 3 is 2.12 bits per heavy atom. The molecule has 0 aromatic rings. The molecule has 0 aliphatic heterocycles. The second kappa shape index (κ2) is 5.76. The van der Waals surface area contributed by atoms with Gasteiger partial charge >= 0.3 is 5.97 Å². The fourth-order valence-electron chi connectivity index (χ4n) is 3.03. The maximum absolute atomic E-state index is 11.3. The molecule has 0 aromatic heterocycles. The highest BCUT2D eigenvalue weighted by Crippen LogP contribution is 2.31. The first-order chi connectivity index (χ1) is 8.18. The van der Waals surface area contributed by atoms with Gasteiger partial charge in [-0.1, -0.05) is 44.0 Å². The summed E-state index contributed by atoms with van der Waals surface area (Å²) in [6, 6.07) is 0. The minimum Gasteiger partial charge on any atom is -0.478 e. The van der Waals surface area contributed by atoms with Crippen molar-refractivity contribution in [1.29, 1.82) is 0 Å². The van der Waals surface area contributed by atoms with E-state index < -0.39 is 5.97 Å². The first kappa shape index (κ1) is 12.7. The number of carboxylic acids is 1. The first-order valence-electron chi connectivity index (χ1n) is 6.68. The van der Waals surface area contributed by atoms with Crippen LogP contribution in [0, 0.1) is 11.8 Å². The van der Waals surface area contributed by atoms with Crippen LogP contribution in [0.4, 0.5) is 0 Å². The minimum atomic E-state index is -0.825. The van der Waals surface area contributed by atoms with Crippen LogP contribution in [-0.4, -0.2) is 15.9 Å². The van der Waals surface area contributed by atoms with E-state index in [2.05, 4.69) is 0 Å². The number of carboxylic acid groups (broad SMARTS) is 1. The second-order valence-corrected chi connectivity index (χ2v) is 5.72. The van der Waals surface area contributed by atoms with Crippen LogP contribution >= 0.6 is 12.2 Å². The molecule has 2 saturated carbocycles. The summed E-state index contributed by atoms with van der Waals surface area (Å²) in [4.78, 5) is 12.0. The maximum Gasteiger partial charge on any atom is 0.336 e. The number of allylic oxidation sites excluding steroid dienone is 1. The molecule has 0 radical (unpaired) electrons. The standard InChI is InChI=1S/C14H20O2S/c15-14(16)12(9-10-5-1-2-6-10)13(17)11-7-3-4-8-11/h9-11H,1-8H2,(H,15,16). The van der Waals surface area contributed by atoms with Gasteiger partial charge in [-0.25, -0.2) is 4.79 Å². The van der Waals surface area contributed by atoms with Crippen molar-refractivity contribution in [2.75, 3.05) is 0 Å². The minimum absolute atomic E-state index is 0.341. The topological polar surface area (TPSA) is 37.3 Å². The highest BCUT2D eigenvalue weighted by Gasteiger charge is 2.26. The molecule has 2 fully saturated rings. The quantitative estimate of drug-likeness (QED) is 0.611. The summed E-state index contributed by atoms with van der Waals surface area (Å²) in [5, 5.41) is 9.31. The van der Waals surface area contributed by atoms with Crippen LogP contribution in [0.1, 0.15) is 51.4 Å². The number of hydrogen-bond donors (Lipinski definition) is 1. The van der Waals surface area contributed by atoms with E-state index >= 15 is 0 Å². The zero-order valence-electron chi connectivity index (χ0n) is 10.2. The number of hydrogen-bond acceptors (Lipinski definition) is 2. The molecule has 0 saturated heterocycles. The molecule has 0 aromatic carbocycles.